The Morgan fingerprint density at radius 1 is 0.478 bits per heavy atom. The molecule has 0 heterocycles. The zero-order valence-corrected chi connectivity index (χ0v) is 17.1. The first-order valence-corrected chi connectivity index (χ1v) is 9.40. The zero-order valence-electron chi connectivity index (χ0n) is 17.1. The zero-order chi connectivity index (χ0) is 18.5. The summed E-state index contributed by atoms with van der Waals surface area (Å²) in [5.74, 6) is 0. The van der Waals surface area contributed by atoms with Crippen LogP contribution in [0.1, 0.15) is 80.4 Å². The van der Waals surface area contributed by atoms with Gasteiger partial charge in [0.1, 0.15) is 0 Å². The van der Waals surface area contributed by atoms with Gasteiger partial charge in [-0.2, -0.15) is 0 Å². The van der Waals surface area contributed by atoms with E-state index in [0.717, 1.165) is 0 Å². The van der Waals surface area contributed by atoms with E-state index in [2.05, 4.69) is 62.4 Å². The molecule has 0 unspecified atom stereocenters. The van der Waals surface area contributed by atoms with Crippen molar-refractivity contribution < 1.29 is 0 Å². The maximum atomic E-state index is 2.30. The second-order valence-electron chi connectivity index (χ2n) is 4.72. The molecule has 0 aliphatic heterocycles. The quantitative estimate of drug-likeness (QED) is 0.461. The van der Waals surface area contributed by atoms with Crippen LogP contribution in [0.15, 0.2) is 48.5 Å². The molecule has 0 radical (unpaired) electrons. The summed E-state index contributed by atoms with van der Waals surface area (Å²) in [4.78, 5) is 0. The van der Waals surface area contributed by atoms with Crippen LogP contribution in [0.4, 0.5) is 0 Å². The molecule has 0 nitrogen and oxygen atoms in total. The van der Waals surface area contributed by atoms with Gasteiger partial charge in [0.15, 0.2) is 0 Å². The molecule has 130 valence electrons. The van der Waals surface area contributed by atoms with E-state index in [1.807, 2.05) is 55.4 Å². The Bertz CT molecular complexity index is 474. The summed E-state index contributed by atoms with van der Waals surface area (Å²) < 4.78 is 0. The van der Waals surface area contributed by atoms with Gasteiger partial charge in [-0.25, -0.2) is 0 Å². The topological polar surface area (TPSA) is 0 Å². The number of rotatable bonds is 0. The van der Waals surface area contributed by atoms with E-state index >= 15 is 0 Å². The molecule has 0 fully saturated rings. The summed E-state index contributed by atoms with van der Waals surface area (Å²) in [5, 5.41) is 0. The molecular weight excluding hydrogens is 276 g/mol. The van der Waals surface area contributed by atoms with Gasteiger partial charge in [-0.1, -0.05) is 118 Å². The second kappa shape index (κ2) is 12.9. The Hall–Kier alpha value is -1.56. The maximum Gasteiger partial charge on any atom is 0.0158 e. The fourth-order valence-electron chi connectivity index (χ4n) is 2.67. The van der Waals surface area contributed by atoms with Crippen molar-refractivity contribution in [3.8, 4) is 11.1 Å². The normalized spacial score (nSPS) is 11.4. The van der Waals surface area contributed by atoms with Gasteiger partial charge in [0, 0.05) is 5.41 Å². The Morgan fingerprint density at radius 2 is 0.739 bits per heavy atom. The molecule has 0 amide bonds. The lowest BCUT2D eigenvalue weighted by atomic mass is 9.82. The van der Waals surface area contributed by atoms with Crippen molar-refractivity contribution in [2.75, 3.05) is 0 Å². The van der Waals surface area contributed by atoms with Crippen LogP contribution in [0.2, 0.25) is 0 Å². The van der Waals surface area contributed by atoms with Gasteiger partial charge in [0.2, 0.25) is 0 Å². The molecule has 1 aliphatic carbocycles. The van der Waals surface area contributed by atoms with E-state index in [1.165, 1.54) is 22.3 Å². The van der Waals surface area contributed by atoms with E-state index in [9.17, 15) is 0 Å². The molecule has 1 aliphatic rings. The maximum absolute atomic E-state index is 2.30. The highest BCUT2D eigenvalue weighted by molar-refractivity contribution is 5.80. The second-order valence-corrected chi connectivity index (χ2v) is 4.72. The highest BCUT2D eigenvalue weighted by atomic mass is 14.4. The summed E-state index contributed by atoms with van der Waals surface area (Å²) in [5.41, 5.74) is 5.86. The summed E-state index contributed by atoms with van der Waals surface area (Å²) in [7, 11) is 0. The number of hydrogen-bond acceptors (Lipinski definition) is 0. The predicted molar refractivity (Wildman–Crippen MR) is 109 cm³/mol. The Balaban J connectivity index is 0. The lowest BCUT2D eigenvalue weighted by Crippen LogP contribution is -2.14. The van der Waals surface area contributed by atoms with E-state index in [1.54, 1.807) is 0 Å². The van der Waals surface area contributed by atoms with Gasteiger partial charge in [-0.05, 0) is 22.3 Å². The first-order chi connectivity index (χ1) is 11.2. The summed E-state index contributed by atoms with van der Waals surface area (Å²) >= 11 is 0. The molecule has 0 N–H and O–H groups in total. The summed E-state index contributed by atoms with van der Waals surface area (Å²) in [6.07, 6.45) is 0. The van der Waals surface area contributed by atoms with Gasteiger partial charge in [0.05, 0.1) is 0 Å². The fraction of sp³-hybridized carbons (Fsp3) is 0.478. The highest BCUT2D eigenvalue weighted by Crippen LogP contribution is 2.47. The van der Waals surface area contributed by atoms with E-state index in [-0.39, 0.29) is 5.41 Å². The molecule has 2 aromatic rings. The molecule has 0 atom stereocenters. The van der Waals surface area contributed by atoms with Crippen LogP contribution in [0.3, 0.4) is 0 Å². The van der Waals surface area contributed by atoms with Crippen molar-refractivity contribution in [3.05, 3.63) is 59.7 Å². The van der Waals surface area contributed by atoms with Crippen LogP contribution in [-0.2, 0) is 5.41 Å². The van der Waals surface area contributed by atoms with Crippen molar-refractivity contribution in [1.82, 2.24) is 0 Å². The van der Waals surface area contributed by atoms with Crippen molar-refractivity contribution in [3.63, 3.8) is 0 Å². The summed E-state index contributed by atoms with van der Waals surface area (Å²) in [6.45, 7) is 20.6. The third-order valence-corrected chi connectivity index (χ3v) is 3.49. The average molecular weight is 315 g/mol. The van der Waals surface area contributed by atoms with Gasteiger partial charge >= 0.3 is 0 Å². The van der Waals surface area contributed by atoms with Crippen molar-refractivity contribution in [2.45, 2.75) is 74.7 Å². The molecule has 0 aromatic heterocycles. The summed E-state index contributed by atoms with van der Waals surface area (Å²) in [6, 6.07) is 17.4. The molecule has 0 bridgehead atoms. The fourth-order valence-corrected chi connectivity index (χ4v) is 2.67. The lowest BCUT2D eigenvalue weighted by Gasteiger charge is -2.20. The molecule has 23 heavy (non-hydrogen) atoms. The van der Waals surface area contributed by atoms with Crippen molar-refractivity contribution >= 4 is 0 Å². The van der Waals surface area contributed by atoms with Crippen LogP contribution in [0.25, 0.3) is 11.1 Å². The van der Waals surface area contributed by atoms with Gasteiger partial charge in [0.25, 0.3) is 0 Å². The Kier molecular flexibility index (Phi) is 13.3. The van der Waals surface area contributed by atoms with E-state index < -0.39 is 0 Å². The number of hydrogen-bond donors (Lipinski definition) is 0. The van der Waals surface area contributed by atoms with Gasteiger partial charge in [-0.15, -0.1) is 0 Å². The van der Waals surface area contributed by atoms with Crippen molar-refractivity contribution in [2.24, 2.45) is 0 Å². The molecule has 0 saturated carbocycles. The molecule has 2 aromatic carbocycles. The predicted octanol–water partition coefficient (Wildman–Crippen LogP) is 8.10. The monoisotopic (exact) mass is 314 g/mol. The average Bonchev–Trinajstić information content (AvgIpc) is 2.90. The minimum atomic E-state index is 0.160. The first kappa shape index (κ1) is 23.7. The van der Waals surface area contributed by atoms with E-state index in [4.69, 9.17) is 0 Å². The van der Waals surface area contributed by atoms with Crippen LogP contribution in [0.5, 0.6) is 0 Å². The minimum absolute atomic E-state index is 0.160. The van der Waals surface area contributed by atoms with Gasteiger partial charge < -0.3 is 0 Å². The van der Waals surface area contributed by atoms with Gasteiger partial charge in [-0.3, -0.25) is 0 Å². The first-order valence-electron chi connectivity index (χ1n) is 9.40. The number of fused-ring (bicyclic) bond motifs is 3. The molecule has 0 heteroatoms. The standard InChI is InChI=1S/C15H14.4C2H6/c1-15(2)13-9-5-3-7-11(13)12-8-4-6-10-14(12)15;4*1-2/h3-10H,1-2H3;4*1-2H3. The largest absolute Gasteiger partial charge is 0.0683 e. The minimum Gasteiger partial charge on any atom is -0.0683 e. The smallest absolute Gasteiger partial charge is 0.0158 e. The molecule has 0 spiro atoms. The van der Waals surface area contributed by atoms with Crippen LogP contribution < -0.4 is 0 Å². The molecule has 0 saturated heterocycles. The highest BCUT2D eigenvalue weighted by Gasteiger charge is 2.34. The number of benzene rings is 2. The Labute approximate surface area is 146 Å². The van der Waals surface area contributed by atoms with Crippen LogP contribution in [-0.4, -0.2) is 0 Å². The van der Waals surface area contributed by atoms with Crippen LogP contribution >= 0.6 is 0 Å². The van der Waals surface area contributed by atoms with Crippen LogP contribution in [0, 0.1) is 0 Å². The lowest BCUT2D eigenvalue weighted by molar-refractivity contribution is 0.660. The molecule has 3 rings (SSSR count). The van der Waals surface area contributed by atoms with E-state index in [0.29, 0.717) is 0 Å². The molecular formula is C23H38. The SMILES string of the molecule is CC.CC.CC.CC.CC1(C)c2ccccc2-c2ccccc21. The Morgan fingerprint density at radius 3 is 1.04 bits per heavy atom. The van der Waals surface area contributed by atoms with Crippen molar-refractivity contribution in [1.29, 1.82) is 0 Å². The third-order valence-electron chi connectivity index (χ3n) is 3.49. The third kappa shape index (κ3) is 5.23.